The lowest BCUT2D eigenvalue weighted by molar-refractivity contribution is 0.547. The Kier molecular flexibility index (Phi) is 1.67. The fourth-order valence-corrected chi connectivity index (χ4v) is 1.44. The van der Waals surface area contributed by atoms with Crippen LogP contribution >= 0.6 is 0 Å². The topological polar surface area (TPSA) is 26.0 Å². The van der Waals surface area contributed by atoms with Crippen molar-refractivity contribution in [2.45, 2.75) is 25.3 Å². The normalized spacial score (nSPS) is 18.8. The summed E-state index contributed by atoms with van der Waals surface area (Å²) < 4.78 is 26.1. The van der Waals surface area contributed by atoms with Gasteiger partial charge in [-0.15, -0.1) is 0 Å². The maximum atomic E-state index is 13.2. The van der Waals surface area contributed by atoms with Crippen LogP contribution in [0, 0.1) is 18.6 Å². The second kappa shape index (κ2) is 2.51. The number of halogens is 2. The molecule has 2 rings (SSSR count). The van der Waals surface area contributed by atoms with Crippen LogP contribution < -0.4 is 5.73 Å². The summed E-state index contributed by atoms with van der Waals surface area (Å²) in [6, 6.07) is 2.43. The second-order valence-corrected chi connectivity index (χ2v) is 3.74. The van der Waals surface area contributed by atoms with Crippen molar-refractivity contribution >= 4 is 0 Å². The third-order valence-corrected chi connectivity index (χ3v) is 2.57. The lowest BCUT2D eigenvalue weighted by Gasteiger charge is -2.11. The van der Waals surface area contributed by atoms with Crippen LogP contribution in [0.4, 0.5) is 8.78 Å². The van der Waals surface area contributed by atoms with Crippen molar-refractivity contribution in [2.75, 3.05) is 0 Å². The number of aryl methyl sites for hydroxylation is 1. The summed E-state index contributed by atoms with van der Waals surface area (Å²) in [7, 11) is 0. The van der Waals surface area contributed by atoms with Crippen LogP contribution in [-0.4, -0.2) is 0 Å². The summed E-state index contributed by atoms with van der Waals surface area (Å²) in [4.78, 5) is 0. The standard InChI is InChI=1S/C10H11F2N/c1-6-4-7(10(13)2-3-10)9(12)5-8(6)11/h4-5H,2-3,13H2,1H3. The predicted octanol–water partition coefficient (Wildman–Crippen LogP) is 2.22. The summed E-state index contributed by atoms with van der Waals surface area (Å²) in [5, 5.41) is 0. The van der Waals surface area contributed by atoms with Crippen molar-refractivity contribution in [3.8, 4) is 0 Å². The first kappa shape index (κ1) is 8.63. The molecule has 1 nitrogen and oxygen atoms in total. The number of hydrogen-bond acceptors (Lipinski definition) is 1. The quantitative estimate of drug-likeness (QED) is 0.709. The van der Waals surface area contributed by atoms with Crippen LogP contribution in [0.25, 0.3) is 0 Å². The first-order valence-electron chi connectivity index (χ1n) is 4.28. The van der Waals surface area contributed by atoms with Crippen molar-refractivity contribution in [3.63, 3.8) is 0 Å². The van der Waals surface area contributed by atoms with Crippen LogP contribution in [0.1, 0.15) is 24.0 Å². The van der Waals surface area contributed by atoms with E-state index in [1.807, 2.05) is 0 Å². The molecular weight excluding hydrogens is 172 g/mol. The van der Waals surface area contributed by atoms with E-state index in [0.29, 0.717) is 11.1 Å². The van der Waals surface area contributed by atoms with Gasteiger partial charge in [0.25, 0.3) is 0 Å². The fraction of sp³-hybridized carbons (Fsp3) is 0.400. The van der Waals surface area contributed by atoms with E-state index in [4.69, 9.17) is 5.73 Å². The molecule has 1 aromatic carbocycles. The van der Waals surface area contributed by atoms with E-state index in [1.54, 1.807) is 6.92 Å². The predicted molar refractivity (Wildman–Crippen MR) is 46.2 cm³/mol. The zero-order chi connectivity index (χ0) is 9.64. The highest BCUT2D eigenvalue weighted by Crippen LogP contribution is 2.44. The summed E-state index contributed by atoms with van der Waals surface area (Å²) in [5.74, 6) is -1.03. The van der Waals surface area contributed by atoms with Crippen molar-refractivity contribution in [2.24, 2.45) is 5.73 Å². The molecule has 13 heavy (non-hydrogen) atoms. The molecule has 1 saturated carbocycles. The zero-order valence-corrected chi connectivity index (χ0v) is 7.40. The Morgan fingerprint density at radius 3 is 2.38 bits per heavy atom. The first-order valence-corrected chi connectivity index (χ1v) is 4.28. The molecule has 1 aromatic rings. The van der Waals surface area contributed by atoms with Gasteiger partial charge in [0.15, 0.2) is 0 Å². The summed E-state index contributed by atoms with van der Waals surface area (Å²) in [6.07, 6.45) is 1.57. The maximum absolute atomic E-state index is 13.2. The minimum absolute atomic E-state index is 0.450. The molecule has 0 saturated heterocycles. The molecule has 0 aliphatic heterocycles. The SMILES string of the molecule is Cc1cc(C2(N)CC2)c(F)cc1F. The molecule has 0 spiro atoms. The third kappa shape index (κ3) is 1.33. The van der Waals surface area contributed by atoms with Crippen LogP contribution in [0.3, 0.4) is 0 Å². The lowest BCUT2D eigenvalue weighted by Crippen LogP contribution is -2.20. The molecule has 1 aliphatic carbocycles. The molecule has 70 valence electrons. The number of rotatable bonds is 1. The largest absolute Gasteiger partial charge is 0.321 e. The van der Waals surface area contributed by atoms with Crippen molar-refractivity contribution < 1.29 is 8.78 Å². The molecule has 0 radical (unpaired) electrons. The Balaban J connectivity index is 2.52. The maximum Gasteiger partial charge on any atom is 0.131 e. The highest BCUT2D eigenvalue weighted by molar-refractivity contribution is 5.34. The second-order valence-electron chi connectivity index (χ2n) is 3.74. The van der Waals surface area contributed by atoms with E-state index in [0.717, 1.165) is 18.9 Å². The summed E-state index contributed by atoms with van der Waals surface area (Å²) in [5.41, 5.74) is 6.20. The van der Waals surface area contributed by atoms with Gasteiger partial charge >= 0.3 is 0 Å². The van der Waals surface area contributed by atoms with Crippen molar-refractivity contribution in [1.82, 2.24) is 0 Å². The van der Waals surface area contributed by atoms with Gasteiger partial charge in [0.05, 0.1) is 0 Å². The van der Waals surface area contributed by atoms with Crippen LogP contribution in [0.2, 0.25) is 0 Å². The van der Waals surface area contributed by atoms with E-state index < -0.39 is 17.2 Å². The molecule has 0 atom stereocenters. The zero-order valence-electron chi connectivity index (χ0n) is 7.40. The Labute approximate surface area is 75.6 Å². The highest BCUT2D eigenvalue weighted by atomic mass is 19.1. The summed E-state index contributed by atoms with van der Waals surface area (Å²) >= 11 is 0. The van der Waals surface area contributed by atoms with Crippen molar-refractivity contribution in [3.05, 3.63) is 34.9 Å². The van der Waals surface area contributed by atoms with Crippen molar-refractivity contribution in [1.29, 1.82) is 0 Å². The van der Waals surface area contributed by atoms with Gasteiger partial charge in [0.2, 0.25) is 0 Å². The molecule has 0 heterocycles. The lowest BCUT2D eigenvalue weighted by atomic mass is 10.0. The Bertz CT molecular complexity index is 356. The van der Waals surface area contributed by atoms with Gasteiger partial charge in [-0.3, -0.25) is 0 Å². The molecule has 0 amide bonds. The smallest absolute Gasteiger partial charge is 0.131 e. The van der Waals surface area contributed by atoms with Gasteiger partial charge in [-0.2, -0.15) is 0 Å². The molecule has 0 unspecified atom stereocenters. The molecule has 3 heteroatoms. The molecule has 0 bridgehead atoms. The van der Waals surface area contributed by atoms with E-state index in [2.05, 4.69) is 0 Å². The first-order chi connectivity index (χ1) is 6.03. The minimum Gasteiger partial charge on any atom is -0.321 e. The Morgan fingerprint density at radius 2 is 1.85 bits per heavy atom. The molecule has 2 N–H and O–H groups in total. The number of nitrogens with two attached hydrogens (primary N) is 1. The monoisotopic (exact) mass is 183 g/mol. The molecule has 1 aliphatic rings. The van der Waals surface area contributed by atoms with Gasteiger partial charge in [0, 0.05) is 17.2 Å². The average molecular weight is 183 g/mol. The highest BCUT2D eigenvalue weighted by Gasteiger charge is 2.42. The Morgan fingerprint density at radius 1 is 1.23 bits per heavy atom. The van der Waals surface area contributed by atoms with Gasteiger partial charge in [-0.25, -0.2) is 8.78 Å². The van der Waals surface area contributed by atoms with Crippen LogP contribution in [0.5, 0.6) is 0 Å². The van der Waals surface area contributed by atoms with Gasteiger partial charge < -0.3 is 5.73 Å². The molecule has 1 fully saturated rings. The number of hydrogen-bond donors (Lipinski definition) is 1. The van der Waals surface area contributed by atoms with Crippen LogP contribution in [-0.2, 0) is 5.54 Å². The van der Waals surface area contributed by atoms with E-state index in [1.165, 1.54) is 6.07 Å². The Hall–Kier alpha value is -0.960. The average Bonchev–Trinajstić information content (AvgIpc) is 2.77. The van der Waals surface area contributed by atoms with E-state index in [9.17, 15) is 8.78 Å². The number of benzene rings is 1. The van der Waals surface area contributed by atoms with Crippen LogP contribution in [0.15, 0.2) is 12.1 Å². The van der Waals surface area contributed by atoms with E-state index >= 15 is 0 Å². The van der Waals surface area contributed by atoms with Gasteiger partial charge in [0.1, 0.15) is 11.6 Å². The van der Waals surface area contributed by atoms with Gasteiger partial charge in [-0.05, 0) is 31.4 Å². The minimum atomic E-state index is -0.525. The summed E-state index contributed by atoms with van der Waals surface area (Å²) in [6.45, 7) is 1.62. The van der Waals surface area contributed by atoms with Gasteiger partial charge in [-0.1, -0.05) is 0 Å². The van der Waals surface area contributed by atoms with E-state index in [-0.39, 0.29) is 0 Å². The third-order valence-electron chi connectivity index (χ3n) is 2.57. The fourth-order valence-electron chi connectivity index (χ4n) is 1.44. The molecular formula is C10H11F2N. The molecule has 0 aromatic heterocycles.